The third-order valence-electron chi connectivity index (χ3n) is 5.32. The van der Waals surface area contributed by atoms with Gasteiger partial charge in [-0.15, -0.1) is 0 Å². The Kier molecular flexibility index (Phi) is 6.59. The van der Waals surface area contributed by atoms with Crippen LogP contribution in [-0.2, 0) is 13.3 Å². The summed E-state index contributed by atoms with van der Waals surface area (Å²) in [4.78, 5) is 12.6. The fourth-order valence-electron chi connectivity index (χ4n) is 3.60. The minimum atomic E-state index is -0.321. The van der Waals surface area contributed by atoms with Crippen LogP contribution in [0, 0.1) is 0 Å². The Morgan fingerprint density at radius 3 is 2.51 bits per heavy atom. The van der Waals surface area contributed by atoms with Gasteiger partial charge in [0.2, 0.25) is 0 Å². The second kappa shape index (κ2) is 10.3. The van der Waals surface area contributed by atoms with E-state index in [-0.39, 0.29) is 18.3 Å². The maximum Gasteiger partial charge on any atom is 0.276 e. The van der Waals surface area contributed by atoms with Crippen LogP contribution < -0.4 is 10.1 Å². The molecule has 7 nitrogen and oxygen atoms in total. The van der Waals surface area contributed by atoms with Gasteiger partial charge < -0.3 is 10.1 Å². The van der Waals surface area contributed by atoms with Crippen molar-refractivity contribution < 1.29 is 9.53 Å². The van der Waals surface area contributed by atoms with Crippen molar-refractivity contribution in [1.29, 1.82) is 0 Å². The van der Waals surface area contributed by atoms with Crippen LogP contribution in [0.15, 0.2) is 104 Å². The van der Waals surface area contributed by atoms with E-state index in [0.29, 0.717) is 17.3 Å². The zero-order valence-electron chi connectivity index (χ0n) is 18.7. The highest BCUT2D eigenvalue weighted by Crippen LogP contribution is 2.22. The first-order valence-electron chi connectivity index (χ1n) is 11.0. The van der Waals surface area contributed by atoms with Crippen molar-refractivity contribution in [1.82, 2.24) is 19.6 Å². The molecule has 0 atom stereocenters. The van der Waals surface area contributed by atoms with Crippen LogP contribution in [0.4, 0.5) is 5.69 Å². The molecule has 0 saturated carbocycles. The lowest BCUT2D eigenvalue weighted by atomic mass is 10.1. The van der Waals surface area contributed by atoms with Crippen LogP contribution in [0.1, 0.15) is 16.1 Å². The summed E-state index contributed by atoms with van der Waals surface area (Å²) in [5.41, 5.74) is 4.16. The average Bonchev–Trinajstić information content (AvgIpc) is 3.53. The number of ether oxygens (including phenoxy) is 1. The predicted molar refractivity (Wildman–Crippen MR) is 135 cm³/mol. The molecule has 0 bridgehead atoms. The summed E-state index contributed by atoms with van der Waals surface area (Å²) >= 11 is 6.04. The Balaban J connectivity index is 1.15. The fourth-order valence-corrected chi connectivity index (χ4v) is 3.81. The number of aromatic nitrogens is 4. The Labute approximate surface area is 207 Å². The van der Waals surface area contributed by atoms with Crippen LogP contribution in [0.3, 0.4) is 0 Å². The minimum Gasteiger partial charge on any atom is -0.471 e. The maximum absolute atomic E-state index is 12.6. The summed E-state index contributed by atoms with van der Waals surface area (Å²) in [5, 5.41) is 12.1. The number of rotatable bonds is 8. The van der Waals surface area contributed by atoms with Crippen LogP contribution in [0.2, 0.25) is 5.02 Å². The van der Waals surface area contributed by atoms with E-state index in [1.165, 1.54) is 0 Å². The number of anilines is 1. The van der Waals surface area contributed by atoms with Gasteiger partial charge in [-0.3, -0.25) is 9.48 Å². The highest BCUT2D eigenvalue weighted by Gasteiger charge is 2.11. The minimum absolute atomic E-state index is 0.190. The van der Waals surface area contributed by atoms with E-state index in [1.807, 2.05) is 66.7 Å². The average molecular weight is 484 g/mol. The topological polar surface area (TPSA) is 74.0 Å². The van der Waals surface area contributed by atoms with Crippen molar-refractivity contribution in [3.05, 3.63) is 120 Å². The fraction of sp³-hybridized carbons (Fsp3) is 0.0741. The van der Waals surface area contributed by atoms with E-state index < -0.39 is 0 Å². The summed E-state index contributed by atoms with van der Waals surface area (Å²) in [7, 11) is 0. The third-order valence-corrected chi connectivity index (χ3v) is 5.56. The second-order valence-electron chi connectivity index (χ2n) is 7.91. The highest BCUT2D eigenvalue weighted by molar-refractivity contribution is 6.30. The lowest BCUT2D eigenvalue weighted by Crippen LogP contribution is -2.14. The molecule has 8 heteroatoms. The zero-order valence-corrected chi connectivity index (χ0v) is 19.5. The van der Waals surface area contributed by atoms with Crippen molar-refractivity contribution in [2.45, 2.75) is 13.3 Å². The van der Waals surface area contributed by atoms with E-state index in [1.54, 1.807) is 34.0 Å². The molecular formula is C27H22ClN5O2. The number of amides is 1. The lowest BCUT2D eigenvalue weighted by Gasteiger charge is -2.07. The molecular weight excluding hydrogens is 462 g/mol. The van der Waals surface area contributed by atoms with Crippen LogP contribution in [-0.4, -0.2) is 25.5 Å². The first-order chi connectivity index (χ1) is 17.1. The standard InChI is InChI=1S/C27H22ClN5O2/c28-23-8-4-5-20(15-23)17-33-18-24(16-29-33)30-27(34)26-13-14-32(31-26)19-35-25-11-9-22(10-12-25)21-6-2-1-3-7-21/h1-16,18H,17,19H2,(H,30,34). The first-order valence-corrected chi connectivity index (χ1v) is 11.4. The molecule has 2 aromatic heterocycles. The van der Waals surface area contributed by atoms with Crippen molar-refractivity contribution >= 4 is 23.2 Å². The van der Waals surface area contributed by atoms with E-state index in [0.717, 1.165) is 22.4 Å². The third kappa shape index (κ3) is 5.77. The number of hydrogen-bond acceptors (Lipinski definition) is 4. The van der Waals surface area contributed by atoms with Crippen LogP contribution in [0.25, 0.3) is 11.1 Å². The molecule has 35 heavy (non-hydrogen) atoms. The van der Waals surface area contributed by atoms with Crippen molar-refractivity contribution in [2.24, 2.45) is 0 Å². The van der Waals surface area contributed by atoms with Gasteiger partial charge in [-0.2, -0.15) is 10.2 Å². The largest absolute Gasteiger partial charge is 0.471 e. The molecule has 0 fully saturated rings. The van der Waals surface area contributed by atoms with Crippen molar-refractivity contribution in [3.8, 4) is 16.9 Å². The molecule has 174 valence electrons. The van der Waals surface area contributed by atoms with Gasteiger partial charge in [-0.25, -0.2) is 4.68 Å². The number of halogens is 1. The first kappa shape index (κ1) is 22.4. The smallest absolute Gasteiger partial charge is 0.276 e. The number of benzene rings is 3. The molecule has 0 saturated heterocycles. The number of nitrogens with zero attached hydrogens (tertiary/aromatic N) is 4. The van der Waals surface area contributed by atoms with Crippen LogP contribution >= 0.6 is 11.6 Å². The molecule has 2 heterocycles. The predicted octanol–water partition coefficient (Wildman–Crippen LogP) is 5.74. The van der Waals surface area contributed by atoms with Crippen LogP contribution in [0.5, 0.6) is 5.75 Å². The normalized spacial score (nSPS) is 10.8. The van der Waals surface area contributed by atoms with Gasteiger partial charge >= 0.3 is 0 Å². The maximum atomic E-state index is 12.6. The van der Waals surface area contributed by atoms with Gasteiger partial charge in [-0.05, 0) is 47.0 Å². The van der Waals surface area contributed by atoms with Crippen molar-refractivity contribution in [2.75, 3.05) is 5.32 Å². The monoisotopic (exact) mass is 483 g/mol. The Hall–Kier alpha value is -4.36. The molecule has 0 radical (unpaired) electrons. The van der Waals surface area contributed by atoms with Gasteiger partial charge in [0, 0.05) is 17.4 Å². The molecule has 1 amide bonds. The molecule has 0 aliphatic rings. The summed E-state index contributed by atoms with van der Waals surface area (Å²) in [6.07, 6.45) is 5.06. The van der Waals surface area contributed by atoms with E-state index in [4.69, 9.17) is 16.3 Å². The van der Waals surface area contributed by atoms with Crippen molar-refractivity contribution in [3.63, 3.8) is 0 Å². The van der Waals surface area contributed by atoms with Gasteiger partial charge in [0.1, 0.15) is 5.75 Å². The van der Waals surface area contributed by atoms with Gasteiger partial charge in [0.15, 0.2) is 12.4 Å². The highest BCUT2D eigenvalue weighted by atomic mass is 35.5. The van der Waals surface area contributed by atoms with Gasteiger partial charge in [-0.1, -0.05) is 66.2 Å². The summed E-state index contributed by atoms with van der Waals surface area (Å²) < 4.78 is 9.11. The number of carbonyl (C=O) groups is 1. The molecule has 3 aromatic carbocycles. The summed E-state index contributed by atoms with van der Waals surface area (Å²) in [6.45, 7) is 0.740. The SMILES string of the molecule is O=C(Nc1cnn(Cc2cccc(Cl)c2)c1)c1ccn(COc2ccc(-c3ccccc3)cc2)n1. The lowest BCUT2D eigenvalue weighted by molar-refractivity contribution is 0.102. The molecule has 0 spiro atoms. The van der Waals surface area contributed by atoms with E-state index >= 15 is 0 Å². The summed E-state index contributed by atoms with van der Waals surface area (Å²) in [5.74, 6) is 0.400. The summed E-state index contributed by atoms with van der Waals surface area (Å²) in [6, 6.07) is 27.2. The second-order valence-corrected chi connectivity index (χ2v) is 8.35. The Bertz CT molecular complexity index is 1430. The zero-order chi connectivity index (χ0) is 24.0. The van der Waals surface area contributed by atoms with E-state index in [9.17, 15) is 4.79 Å². The Morgan fingerprint density at radius 2 is 1.71 bits per heavy atom. The Morgan fingerprint density at radius 1 is 0.914 bits per heavy atom. The van der Waals surface area contributed by atoms with Gasteiger partial charge in [0.05, 0.1) is 18.4 Å². The molecule has 0 aliphatic heterocycles. The number of carbonyl (C=O) groups excluding carboxylic acids is 1. The quantitative estimate of drug-likeness (QED) is 0.305. The van der Waals surface area contributed by atoms with Gasteiger partial charge in [0.25, 0.3) is 5.91 Å². The molecule has 1 N–H and O–H groups in total. The molecule has 0 unspecified atom stereocenters. The molecule has 5 rings (SSSR count). The number of hydrogen-bond donors (Lipinski definition) is 1. The molecule has 5 aromatic rings. The molecule has 0 aliphatic carbocycles. The van der Waals surface area contributed by atoms with E-state index in [2.05, 4.69) is 27.6 Å². The number of nitrogens with one attached hydrogen (secondary N) is 1.